The minimum atomic E-state index is -0.283. The molecule has 3 aromatic rings. The Morgan fingerprint density at radius 2 is 2.10 bits per heavy atom. The second-order valence-corrected chi connectivity index (χ2v) is 9.05. The number of halogens is 2. The summed E-state index contributed by atoms with van der Waals surface area (Å²) >= 11 is 13.3. The SMILES string of the molecule is Cc1[nH]c(=O)c(CN2CCc3c(Cl)cc(C(C)C4COC4)c(Cl)c3C2=O)c2ncoc12. The normalized spacial score (nSPS) is 17.7. The van der Waals surface area contributed by atoms with Crippen molar-refractivity contribution in [1.82, 2.24) is 14.9 Å². The van der Waals surface area contributed by atoms with Crippen LogP contribution < -0.4 is 5.56 Å². The Bertz CT molecular complexity index is 1260. The summed E-state index contributed by atoms with van der Waals surface area (Å²) in [6.07, 6.45) is 1.86. The maximum atomic E-state index is 13.5. The van der Waals surface area contributed by atoms with Crippen molar-refractivity contribution >= 4 is 40.2 Å². The molecule has 0 saturated carbocycles. The lowest BCUT2D eigenvalue weighted by molar-refractivity contribution is -0.0423. The standard InChI is InChI=1S/C22H21Cl2N3O4/c1-10(12-7-30-8-12)14-5-16(23)13-3-4-27(22(29)17(13)18(14)24)6-15-19-20(31-9-25-19)11(2)26-21(15)28/h5,9-10,12H,3-4,6-8H2,1-2H3,(H,26,28). The maximum absolute atomic E-state index is 13.5. The molecular weight excluding hydrogens is 441 g/mol. The predicted molar refractivity (Wildman–Crippen MR) is 117 cm³/mol. The van der Waals surface area contributed by atoms with E-state index in [1.54, 1.807) is 11.8 Å². The number of carbonyl (C=O) groups is 1. The van der Waals surface area contributed by atoms with Crippen LogP contribution in [0.1, 0.15) is 45.6 Å². The van der Waals surface area contributed by atoms with Crippen LogP contribution in [0.15, 0.2) is 21.7 Å². The van der Waals surface area contributed by atoms with E-state index >= 15 is 0 Å². The van der Waals surface area contributed by atoms with Gasteiger partial charge >= 0.3 is 0 Å². The number of fused-ring (bicyclic) bond motifs is 2. The number of nitrogens with zero attached hydrogens (tertiary/aromatic N) is 2. The largest absolute Gasteiger partial charge is 0.442 e. The number of ether oxygens (including phenoxy) is 1. The molecule has 2 aliphatic heterocycles. The van der Waals surface area contributed by atoms with Crippen molar-refractivity contribution < 1.29 is 13.9 Å². The average molecular weight is 462 g/mol. The van der Waals surface area contributed by atoms with E-state index in [0.29, 0.717) is 70.1 Å². The number of hydrogen-bond donors (Lipinski definition) is 1. The van der Waals surface area contributed by atoms with Gasteiger partial charge in [0.05, 0.1) is 41.6 Å². The number of nitrogens with one attached hydrogen (secondary N) is 1. The molecule has 9 heteroatoms. The Morgan fingerprint density at radius 3 is 2.81 bits per heavy atom. The molecule has 1 unspecified atom stereocenters. The van der Waals surface area contributed by atoms with Gasteiger partial charge in [0.15, 0.2) is 12.0 Å². The average Bonchev–Trinajstić information content (AvgIpc) is 3.17. The lowest BCUT2D eigenvalue weighted by Gasteiger charge is -2.34. The van der Waals surface area contributed by atoms with Gasteiger partial charge in [-0.05, 0) is 36.5 Å². The molecule has 1 saturated heterocycles. The monoisotopic (exact) mass is 461 g/mol. The number of rotatable bonds is 4. The summed E-state index contributed by atoms with van der Waals surface area (Å²) < 4.78 is 10.7. The number of hydrogen-bond acceptors (Lipinski definition) is 5. The third-order valence-electron chi connectivity index (χ3n) is 6.46. The Labute approximate surface area is 188 Å². The first-order chi connectivity index (χ1) is 14.9. The minimum absolute atomic E-state index is 0.112. The van der Waals surface area contributed by atoms with Crippen LogP contribution in [-0.4, -0.2) is 40.5 Å². The van der Waals surface area contributed by atoms with Gasteiger partial charge in [-0.2, -0.15) is 0 Å². The lowest BCUT2D eigenvalue weighted by Crippen LogP contribution is -2.39. The summed E-state index contributed by atoms with van der Waals surface area (Å²) in [6, 6.07) is 1.89. The molecule has 1 aromatic carbocycles. The lowest BCUT2D eigenvalue weighted by atomic mass is 9.84. The minimum Gasteiger partial charge on any atom is -0.442 e. The molecule has 7 nitrogen and oxygen atoms in total. The Kier molecular flexibility index (Phi) is 5.07. The molecule has 0 spiro atoms. The summed E-state index contributed by atoms with van der Waals surface area (Å²) in [7, 11) is 0. The highest BCUT2D eigenvalue weighted by Crippen LogP contribution is 2.41. The van der Waals surface area contributed by atoms with Gasteiger partial charge in [-0.3, -0.25) is 9.59 Å². The van der Waals surface area contributed by atoms with Crippen LogP contribution in [0.25, 0.3) is 11.1 Å². The molecule has 1 fully saturated rings. The van der Waals surface area contributed by atoms with Gasteiger partial charge < -0.3 is 19.0 Å². The zero-order valence-corrected chi connectivity index (χ0v) is 18.6. The fourth-order valence-electron chi connectivity index (χ4n) is 4.41. The van der Waals surface area contributed by atoms with Crippen molar-refractivity contribution in [3.05, 3.63) is 60.8 Å². The number of aryl methyl sites for hydroxylation is 1. The van der Waals surface area contributed by atoms with E-state index in [-0.39, 0.29) is 23.9 Å². The van der Waals surface area contributed by atoms with E-state index in [9.17, 15) is 9.59 Å². The number of aromatic amines is 1. The van der Waals surface area contributed by atoms with E-state index < -0.39 is 0 Å². The first-order valence-corrected chi connectivity index (χ1v) is 10.9. The fourth-order valence-corrected chi connectivity index (χ4v) is 5.14. The van der Waals surface area contributed by atoms with Crippen LogP contribution >= 0.6 is 23.2 Å². The van der Waals surface area contributed by atoms with Gasteiger partial charge in [-0.15, -0.1) is 0 Å². The van der Waals surface area contributed by atoms with Crippen molar-refractivity contribution in [2.75, 3.05) is 19.8 Å². The number of pyridine rings is 1. The molecule has 1 amide bonds. The van der Waals surface area contributed by atoms with Gasteiger partial charge in [0.2, 0.25) is 0 Å². The molecule has 1 N–H and O–H groups in total. The van der Waals surface area contributed by atoms with Crippen molar-refractivity contribution in [3.63, 3.8) is 0 Å². The number of H-pyrrole nitrogens is 1. The second-order valence-electron chi connectivity index (χ2n) is 8.27. The summed E-state index contributed by atoms with van der Waals surface area (Å²) in [5, 5.41) is 1.000. The number of aromatic nitrogens is 2. The number of amides is 1. The van der Waals surface area contributed by atoms with Gasteiger partial charge in [-0.25, -0.2) is 4.98 Å². The van der Waals surface area contributed by atoms with Crippen molar-refractivity contribution in [2.45, 2.75) is 32.7 Å². The third-order valence-corrected chi connectivity index (χ3v) is 7.20. The van der Waals surface area contributed by atoms with Crippen molar-refractivity contribution in [2.24, 2.45) is 5.92 Å². The van der Waals surface area contributed by atoms with Crippen LogP contribution in [0.4, 0.5) is 0 Å². The predicted octanol–water partition coefficient (Wildman–Crippen LogP) is 4.08. The zero-order valence-electron chi connectivity index (χ0n) is 17.1. The smallest absolute Gasteiger partial charge is 0.256 e. The number of oxazole rings is 1. The Morgan fingerprint density at radius 1 is 1.32 bits per heavy atom. The molecule has 162 valence electrons. The summed E-state index contributed by atoms with van der Waals surface area (Å²) in [6.45, 7) is 5.72. The maximum Gasteiger partial charge on any atom is 0.256 e. The number of benzene rings is 1. The number of carbonyl (C=O) groups excluding carboxylic acids is 1. The van der Waals surface area contributed by atoms with Gasteiger partial charge in [0.25, 0.3) is 11.5 Å². The molecular formula is C22H21Cl2N3O4. The third kappa shape index (κ3) is 3.26. The van der Waals surface area contributed by atoms with Crippen molar-refractivity contribution in [3.8, 4) is 0 Å². The summed E-state index contributed by atoms with van der Waals surface area (Å²) in [4.78, 5) is 34.7. The Hall–Kier alpha value is -2.35. The van der Waals surface area contributed by atoms with Crippen LogP contribution in [0.5, 0.6) is 0 Å². The molecule has 2 aliphatic rings. The van der Waals surface area contributed by atoms with Crippen LogP contribution in [-0.2, 0) is 17.7 Å². The fraction of sp³-hybridized carbons (Fsp3) is 0.409. The molecule has 0 radical (unpaired) electrons. The van der Waals surface area contributed by atoms with Gasteiger partial charge in [0.1, 0.15) is 5.52 Å². The highest BCUT2D eigenvalue weighted by molar-refractivity contribution is 6.37. The summed E-state index contributed by atoms with van der Waals surface area (Å²) in [5.74, 6) is 0.249. The first-order valence-electron chi connectivity index (χ1n) is 10.2. The quantitative estimate of drug-likeness (QED) is 0.632. The molecule has 1 atom stereocenters. The van der Waals surface area contributed by atoms with E-state index in [4.69, 9.17) is 32.4 Å². The molecule has 0 aliphatic carbocycles. The van der Waals surface area contributed by atoms with Gasteiger partial charge in [0, 0.05) is 17.5 Å². The Balaban J connectivity index is 1.53. The van der Waals surface area contributed by atoms with Crippen LogP contribution in [0.2, 0.25) is 10.0 Å². The van der Waals surface area contributed by atoms with E-state index in [1.165, 1.54) is 6.39 Å². The topological polar surface area (TPSA) is 88.4 Å². The summed E-state index contributed by atoms with van der Waals surface area (Å²) in [5.41, 5.74) is 3.75. The van der Waals surface area contributed by atoms with E-state index in [2.05, 4.69) is 16.9 Å². The van der Waals surface area contributed by atoms with Crippen LogP contribution in [0.3, 0.4) is 0 Å². The molecule has 31 heavy (non-hydrogen) atoms. The second kappa shape index (κ2) is 7.65. The highest BCUT2D eigenvalue weighted by atomic mass is 35.5. The van der Waals surface area contributed by atoms with E-state index in [0.717, 1.165) is 11.1 Å². The highest BCUT2D eigenvalue weighted by Gasteiger charge is 2.34. The van der Waals surface area contributed by atoms with Gasteiger partial charge in [-0.1, -0.05) is 30.1 Å². The molecule has 4 heterocycles. The molecule has 5 rings (SSSR count). The molecule has 0 bridgehead atoms. The van der Waals surface area contributed by atoms with E-state index in [1.807, 2.05) is 6.07 Å². The zero-order chi connectivity index (χ0) is 21.9. The van der Waals surface area contributed by atoms with Crippen molar-refractivity contribution in [1.29, 1.82) is 0 Å². The first kappa shape index (κ1) is 20.5. The molecule has 2 aromatic heterocycles. The van der Waals surface area contributed by atoms with Crippen LogP contribution in [0, 0.1) is 12.8 Å².